The van der Waals surface area contributed by atoms with Gasteiger partial charge in [0.25, 0.3) is 5.91 Å². The van der Waals surface area contributed by atoms with Gasteiger partial charge in [0.1, 0.15) is 17.2 Å². The van der Waals surface area contributed by atoms with Gasteiger partial charge in [0.05, 0.1) is 27.0 Å². The molecule has 0 atom stereocenters. The van der Waals surface area contributed by atoms with Crippen molar-refractivity contribution in [3.05, 3.63) is 52.5 Å². The zero-order valence-electron chi connectivity index (χ0n) is 14.2. The van der Waals surface area contributed by atoms with E-state index in [9.17, 15) is 4.79 Å². The smallest absolute Gasteiger partial charge is 0.271 e. The summed E-state index contributed by atoms with van der Waals surface area (Å²) in [6, 6.07) is 10.1. The number of hydrazone groups is 1. The standard InChI is InChI=1S/C18H19ClN2O4/c1-4-25-17-6-5-14(19)7-13(17)11-20-21-18(22)12-8-15(23-2)10-16(9-12)24-3/h5-11H,4H2,1-3H3,(H,21,22). The first-order valence-electron chi connectivity index (χ1n) is 7.56. The molecule has 1 amide bonds. The summed E-state index contributed by atoms with van der Waals surface area (Å²) >= 11 is 5.99. The minimum atomic E-state index is -0.395. The van der Waals surface area contributed by atoms with Crippen molar-refractivity contribution in [1.82, 2.24) is 5.43 Å². The van der Waals surface area contributed by atoms with Gasteiger partial charge >= 0.3 is 0 Å². The molecule has 6 nitrogen and oxygen atoms in total. The van der Waals surface area contributed by atoms with Crippen LogP contribution in [-0.2, 0) is 0 Å². The molecular weight excluding hydrogens is 344 g/mol. The number of hydrogen-bond donors (Lipinski definition) is 1. The van der Waals surface area contributed by atoms with E-state index in [4.69, 9.17) is 25.8 Å². The third-order valence-corrected chi connectivity index (χ3v) is 3.49. The molecule has 0 spiro atoms. The lowest BCUT2D eigenvalue weighted by molar-refractivity contribution is 0.0954. The molecular formula is C18H19ClN2O4. The highest BCUT2D eigenvalue weighted by atomic mass is 35.5. The molecule has 0 bridgehead atoms. The highest BCUT2D eigenvalue weighted by molar-refractivity contribution is 6.30. The van der Waals surface area contributed by atoms with Crippen LogP contribution in [0.1, 0.15) is 22.8 Å². The molecule has 2 aromatic carbocycles. The molecule has 0 saturated carbocycles. The van der Waals surface area contributed by atoms with Crippen LogP contribution >= 0.6 is 11.6 Å². The largest absolute Gasteiger partial charge is 0.497 e. The van der Waals surface area contributed by atoms with Crippen molar-refractivity contribution in [2.45, 2.75) is 6.92 Å². The molecule has 0 saturated heterocycles. The predicted molar refractivity (Wildman–Crippen MR) is 97.2 cm³/mol. The van der Waals surface area contributed by atoms with Crippen LogP contribution in [0, 0.1) is 0 Å². The number of nitrogens with one attached hydrogen (secondary N) is 1. The van der Waals surface area contributed by atoms with Crippen molar-refractivity contribution in [2.75, 3.05) is 20.8 Å². The summed E-state index contributed by atoms with van der Waals surface area (Å²) in [6.45, 7) is 2.39. The van der Waals surface area contributed by atoms with Gasteiger partial charge in [-0.2, -0.15) is 5.10 Å². The van der Waals surface area contributed by atoms with Crippen molar-refractivity contribution >= 4 is 23.7 Å². The maximum Gasteiger partial charge on any atom is 0.271 e. The van der Waals surface area contributed by atoms with E-state index in [1.165, 1.54) is 20.4 Å². The maximum absolute atomic E-state index is 12.3. The molecule has 0 unspecified atom stereocenters. The van der Waals surface area contributed by atoms with Crippen LogP contribution in [0.3, 0.4) is 0 Å². The Balaban J connectivity index is 2.14. The Kier molecular flexibility index (Phi) is 6.65. The van der Waals surface area contributed by atoms with Crippen LogP contribution in [-0.4, -0.2) is 32.9 Å². The maximum atomic E-state index is 12.3. The molecule has 0 aliphatic rings. The molecule has 0 fully saturated rings. The summed E-state index contributed by atoms with van der Waals surface area (Å²) in [5, 5.41) is 4.52. The van der Waals surface area contributed by atoms with E-state index in [0.29, 0.717) is 40.0 Å². The van der Waals surface area contributed by atoms with Crippen LogP contribution in [0.4, 0.5) is 0 Å². The molecule has 0 radical (unpaired) electrons. The van der Waals surface area contributed by atoms with Crippen molar-refractivity contribution in [3.8, 4) is 17.2 Å². The first kappa shape index (κ1) is 18.6. The topological polar surface area (TPSA) is 69.2 Å². The van der Waals surface area contributed by atoms with Crippen molar-refractivity contribution in [1.29, 1.82) is 0 Å². The number of methoxy groups -OCH3 is 2. The van der Waals surface area contributed by atoms with Gasteiger partial charge in [0.15, 0.2) is 0 Å². The number of nitrogens with zero attached hydrogens (tertiary/aromatic N) is 1. The van der Waals surface area contributed by atoms with Gasteiger partial charge in [-0.25, -0.2) is 5.43 Å². The molecule has 0 aromatic heterocycles. The van der Waals surface area contributed by atoms with Gasteiger partial charge in [-0.05, 0) is 37.3 Å². The fourth-order valence-electron chi connectivity index (χ4n) is 2.07. The number of halogens is 1. The Morgan fingerprint density at radius 2 is 1.84 bits per heavy atom. The number of ether oxygens (including phenoxy) is 3. The molecule has 1 N–H and O–H groups in total. The van der Waals surface area contributed by atoms with Crippen molar-refractivity contribution < 1.29 is 19.0 Å². The SMILES string of the molecule is CCOc1ccc(Cl)cc1C=NNC(=O)c1cc(OC)cc(OC)c1. The molecule has 2 aromatic rings. The van der Waals surface area contributed by atoms with Crippen LogP contribution < -0.4 is 19.6 Å². The van der Waals surface area contributed by atoms with Gasteiger partial charge in [-0.1, -0.05) is 11.6 Å². The highest BCUT2D eigenvalue weighted by Crippen LogP contribution is 2.23. The van der Waals surface area contributed by atoms with Crippen molar-refractivity contribution in [3.63, 3.8) is 0 Å². The second-order valence-electron chi connectivity index (χ2n) is 4.92. The molecule has 132 valence electrons. The zero-order valence-corrected chi connectivity index (χ0v) is 15.0. The van der Waals surface area contributed by atoms with E-state index >= 15 is 0 Å². The van der Waals surface area contributed by atoms with Gasteiger partial charge in [-0.3, -0.25) is 4.79 Å². The lowest BCUT2D eigenvalue weighted by atomic mass is 10.2. The first-order chi connectivity index (χ1) is 12.1. The highest BCUT2D eigenvalue weighted by Gasteiger charge is 2.09. The number of carbonyl (C=O) groups excluding carboxylic acids is 1. The fourth-order valence-corrected chi connectivity index (χ4v) is 2.25. The third-order valence-electron chi connectivity index (χ3n) is 3.26. The Bertz CT molecular complexity index is 755. The van der Waals surface area contributed by atoms with E-state index < -0.39 is 5.91 Å². The minimum Gasteiger partial charge on any atom is -0.497 e. The van der Waals surface area contributed by atoms with E-state index in [0.717, 1.165) is 0 Å². The van der Waals surface area contributed by atoms with Gasteiger partial charge in [-0.15, -0.1) is 0 Å². The number of amides is 1. The summed E-state index contributed by atoms with van der Waals surface area (Å²) in [5.41, 5.74) is 3.49. The van der Waals surface area contributed by atoms with Gasteiger partial charge < -0.3 is 14.2 Å². The number of rotatable bonds is 7. The van der Waals surface area contributed by atoms with Crippen LogP contribution in [0.15, 0.2) is 41.5 Å². The van der Waals surface area contributed by atoms with Crippen LogP contribution in [0.2, 0.25) is 5.02 Å². The van der Waals surface area contributed by atoms with E-state index in [-0.39, 0.29) is 0 Å². The van der Waals surface area contributed by atoms with Crippen LogP contribution in [0.5, 0.6) is 17.2 Å². The zero-order chi connectivity index (χ0) is 18.2. The second-order valence-corrected chi connectivity index (χ2v) is 5.35. The summed E-state index contributed by atoms with van der Waals surface area (Å²) in [7, 11) is 3.03. The first-order valence-corrected chi connectivity index (χ1v) is 7.94. The Labute approximate surface area is 151 Å². The summed E-state index contributed by atoms with van der Waals surface area (Å²) in [5.74, 6) is 1.27. The number of benzene rings is 2. The van der Waals surface area contributed by atoms with E-state index in [1.807, 2.05) is 6.92 Å². The summed E-state index contributed by atoms with van der Waals surface area (Å²) in [6.07, 6.45) is 1.48. The Morgan fingerprint density at radius 1 is 1.16 bits per heavy atom. The molecule has 7 heteroatoms. The number of hydrogen-bond acceptors (Lipinski definition) is 5. The normalized spacial score (nSPS) is 10.6. The molecule has 25 heavy (non-hydrogen) atoms. The fraction of sp³-hybridized carbons (Fsp3) is 0.222. The van der Waals surface area contributed by atoms with Gasteiger partial charge in [0, 0.05) is 22.2 Å². The quantitative estimate of drug-likeness (QED) is 0.604. The molecule has 2 rings (SSSR count). The van der Waals surface area contributed by atoms with E-state index in [2.05, 4.69) is 10.5 Å². The molecule has 0 aliphatic carbocycles. The molecule has 0 heterocycles. The lowest BCUT2D eigenvalue weighted by Crippen LogP contribution is -2.17. The predicted octanol–water partition coefficient (Wildman–Crippen LogP) is 3.52. The van der Waals surface area contributed by atoms with Crippen LogP contribution in [0.25, 0.3) is 0 Å². The third kappa shape index (κ3) is 5.12. The Hall–Kier alpha value is -2.73. The van der Waals surface area contributed by atoms with Gasteiger partial charge in [0.2, 0.25) is 0 Å². The second kappa shape index (κ2) is 8.94. The average Bonchev–Trinajstić information content (AvgIpc) is 2.63. The Morgan fingerprint density at radius 3 is 2.44 bits per heavy atom. The average molecular weight is 363 g/mol. The monoisotopic (exact) mass is 362 g/mol. The van der Waals surface area contributed by atoms with Crippen molar-refractivity contribution in [2.24, 2.45) is 5.10 Å². The van der Waals surface area contributed by atoms with E-state index in [1.54, 1.807) is 36.4 Å². The lowest BCUT2D eigenvalue weighted by Gasteiger charge is -2.08. The summed E-state index contributed by atoms with van der Waals surface area (Å²) < 4.78 is 15.8. The minimum absolute atomic E-state index is 0.365. The number of carbonyl (C=O) groups is 1. The molecule has 0 aliphatic heterocycles. The summed E-state index contributed by atoms with van der Waals surface area (Å²) in [4.78, 5) is 12.3.